The number of ether oxygens (including phenoxy) is 1. The number of nitrogens with zero attached hydrogens (tertiary/aromatic N) is 1. The fraction of sp³-hybridized carbons (Fsp3) is 0.238. The first kappa shape index (κ1) is 21.4. The first-order valence-electron chi connectivity index (χ1n) is 8.99. The minimum Gasteiger partial charge on any atom is -0.493 e. The van der Waals surface area contributed by atoms with Crippen molar-refractivity contribution in [3.8, 4) is 11.8 Å². The highest BCUT2D eigenvalue weighted by atomic mass is 16.5. The summed E-state index contributed by atoms with van der Waals surface area (Å²) in [6, 6.07) is 13.5. The molecule has 0 spiro atoms. The van der Waals surface area contributed by atoms with Crippen LogP contribution in [0.5, 0.6) is 5.75 Å². The van der Waals surface area contributed by atoms with Crippen molar-refractivity contribution in [3.05, 3.63) is 48.0 Å². The number of nitrogens with one attached hydrogen (secondary N) is 3. The largest absolute Gasteiger partial charge is 0.493 e. The second kappa shape index (κ2) is 10.5. The molecular weight excluding hydrogens is 372 g/mol. The highest BCUT2D eigenvalue weighted by Crippen LogP contribution is 2.22. The van der Waals surface area contributed by atoms with Gasteiger partial charge in [-0.05, 0) is 36.8 Å². The number of unbranched alkanes of at least 4 members (excludes halogenated alkanes) is 1. The zero-order valence-corrected chi connectivity index (χ0v) is 16.2. The van der Waals surface area contributed by atoms with E-state index in [0.29, 0.717) is 42.3 Å². The summed E-state index contributed by atoms with van der Waals surface area (Å²) in [6.07, 6.45) is 1.03. The number of carbonyl (C=O) groups is 3. The van der Waals surface area contributed by atoms with E-state index in [1.165, 1.54) is 26.0 Å². The van der Waals surface area contributed by atoms with E-state index in [0.717, 1.165) is 0 Å². The highest BCUT2D eigenvalue weighted by molar-refractivity contribution is 6.06. The van der Waals surface area contributed by atoms with Crippen LogP contribution in [0.2, 0.25) is 0 Å². The van der Waals surface area contributed by atoms with E-state index in [-0.39, 0.29) is 17.4 Å². The number of benzene rings is 2. The van der Waals surface area contributed by atoms with Crippen LogP contribution in [0, 0.1) is 11.3 Å². The molecule has 0 heterocycles. The van der Waals surface area contributed by atoms with Gasteiger partial charge in [-0.15, -0.1) is 0 Å². The fourth-order valence-corrected chi connectivity index (χ4v) is 2.52. The Morgan fingerprint density at radius 3 is 2.17 bits per heavy atom. The fourth-order valence-electron chi connectivity index (χ4n) is 2.52. The van der Waals surface area contributed by atoms with Crippen molar-refractivity contribution >= 4 is 34.8 Å². The van der Waals surface area contributed by atoms with Crippen LogP contribution < -0.4 is 20.7 Å². The Morgan fingerprint density at radius 2 is 1.59 bits per heavy atom. The molecule has 0 atom stereocenters. The van der Waals surface area contributed by atoms with Crippen molar-refractivity contribution < 1.29 is 19.1 Å². The molecule has 0 saturated heterocycles. The number of anilines is 3. The van der Waals surface area contributed by atoms with Crippen molar-refractivity contribution in [3.63, 3.8) is 0 Å². The molecule has 0 saturated carbocycles. The van der Waals surface area contributed by atoms with Gasteiger partial charge in [-0.3, -0.25) is 14.4 Å². The van der Waals surface area contributed by atoms with Crippen molar-refractivity contribution in [2.75, 3.05) is 22.6 Å². The summed E-state index contributed by atoms with van der Waals surface area (Å²) < 4.78 is 5.56. The number of hydrogen-bond donors (Lipinski definition) is 3. The summed E-state index contributed by atoms with van der Waals surface area (Å²) in [6.45, 7) is 3.11. The Kier molecular flexibility index (Phi) is 7.74. The summed E-state index contributed by atoms with van der Waals surface area (Å²) in [7, 11) is 0. The lowest BCUT2D eigenvalue weighted by Crippen LogP contribution is -2.15. The normalized spacial score (nSPS) is 9.83. The smallest absolute Gasteiger partial charge is 0.255 e. The molecule has 3 amide bonds. The zero-order valence-electron chi connectivity index (χ0n) is 16.2. The van der Waals surface area contributed by atoms with Crippen LogP contribution in [-0.2, 0) is 9.59 Å². The van der Waals surface area contributed by atoms with Crippen molar-refractivity contribution in [1.82, 2.24) is 0 Å². The quantitative estimate of drug-likeness (QED) is 0.592. The van der Waals surface area contributed by atoms with E-state index in [2.05, 4.69) is 22.0 Å². The van der Waals surface area contributed by atoms with E-state index in [1.807, 2.05) is 0 Å². The predicted molar refractivity (Wildman–Crippen MR) is 110 cm³/mol. The van der Waals surface area contributed by atoms with Crippen LogP contribution in [0.3, 0.4) is 0 Å². The van der Waals surface area contributed by atoms with Crippen LogP contribution in [0.25, 0.3) is 0 Å². The second-order valence-electron chi connectivity index (χ2n) is 6.25. The lowest BCUT2D eigenvalue weighted by molar-refractivity contribution is -0.115. The first-order chi connectivity index (χ1) is 13.9. The van der Waals surface area contributed by atoms with Crippen LogP contribution >= 0.6 is 0 Å². The summed E-state index contributed by atoms with van der Waals surface area (Å²) in [5.74, 6) is -0.424. The van der Waals surface area contributed by atoms with Gasteiger partial charge in [0, 0.05) is 49.0 Å². The van der Waals surface area contributed by atoms with E-state index in [1.54, 1.807) is 30.3 Å². The van der Waals surface area contributed by atoms with Gasteiger partial charge in [-0.2, -0.15) is 5.26 Å². The molecule has 0 bridgehead atoms. The van der Waals surface area contributed by atoms with Gasteiger partial charge in [0.2, 0.25) is 11.8 Å². The molecule has 0 aliphatic heterocycles. The molecule has 150 valence electrons. The minimum absolute atomic E-state index is 0.264. The zero-order chi connectivity index (χ0) is 21.2. The molecule has 0 aromatic heterocycles. The number of carbonyl (C=O) groups excluding carboxylic acids is 3. The Bertz CT molecular complexity index is 916. The number of rotatable bonds is 8. The Morgan fingerprint density at radius 1 is 0.931 bits per heavy atom. The van der Waals surface area contributed by atoms with E-state index in [4.69, 9.17) is 10.00 Å². The summed E-state index contributed by atoms with van der Waals surface area (Å²) in [5.41, 5.74) is 1.58. The van der Waals surface area contributed by atoms with E-state index >= 15 is 0 Å². The van der Waals surface area contributed by atoms with Crippen LogP contribution in [0.1, 0.15) is 37.0 Å². The van der Waals surface area contributed by atoms with Crippen molar-refractivity contribution in [2.24, 2.45) is 0 Å². The third-order valence-electron chi connectivity index (χ3n) is 3.63. The van der Waals surface area contributed by atoms with Crippen LogP contribution in [0.15, 0.2) is 42.5 Å². The molecule has 2 rings (SSSR count). The van der Waals surface area contributed by atoms with Gasteiger partial charge in [-0.25, -0.2) is 0 Å². The molecule has 0 aliphatic carbocycles. The maximum atomic E-state index is 12.7. The lowest BCUT2D eigenvalue weighted by atomic mass is 10.1. The van der Waals surface area contributed by atoms with Gasteiger partial charge < -0.3 is 20.7 Å². The number of hydrogen-bond acceptors (Lipinski definition) is 5. The molecule has 0 unspecified atom stereocenters. The Labute approximate surface area is 168 Å². The van der Waals surface area contributed by atoms with Gasteiger partial charge in [0.15, 0.2) is 0 Å². The average molecular weight is 394 g/mol. The van der Waals surface area contributed by atoms with Gasteiger partial charge >= 0.3 is 0 Å². The molecule has 0 radical (unpaired) electrons. The standard InChI is InChI=1S/C21H22N4O4/c1-14(26)23-18-10-16(11-19(12-18)24-15(2)27)21(28)25-17-6-5-7-20(13-17)29-9-4-3-8-22/h5-7,10-13H,3-4,9H2,1-2H3,(H,23,26)(H,24,27)(H,25,28). The highest BCUT2D eigenvalue weighted by Gasteiger charge is 2.11. The molecular formula is C21H22N4O4. The SMILES string of the molecule is CC(=O)Nc1cc(NC(C)=O)cc(C(=O)Nc2cccc(OCCCC#N)c2)c1. The molecule has 8 nitrogen and oxygen atoms in total. The van der Waals surface area contributed by atoms with Gasteiger partial charge in [0.1, 0.15) is 5.75 Å². The maximum Gasteiger partial charge on any atom is 0.255 e. The van der Waals surface area contributed by atoms with E-state index in [9.17, 15) is 14.4 Å². The number of nitriles is 1. The maximum absolute atomic E-state index is 12.7. The van der Waals surface area contributed by atoms with Crippen molar-refractivity contribution in [2.45, 2.75) is 26.7 Å². The average Bonchev–Trinajstić information content (AvgIpc) is 2.64. The van der Waals surface area contributed by atoms with Crippen molar-refractivity contribution in [1.29, 1.82) is 5.26 Å². The van der Waals surface area contributed by atoms with Gasteiger partial charge in [0.25, 0.3) is 5.91 Å². The minimum atomic E-state index is -0.412. The number of amides is 3. The van der Waals surface area contributed by atoms with E-state index < -0.39 is 5.91 Å². The molecule has 2 aromatic carbocycles. The summed E-state index contributed by atoms with van der Waals surface area (Å²) in [4.78, 5) is 35.4. The summed E-state index contributed by atoms with van der Waals surface area (Å²) in [5, 5.41) is 16.5. The molecule has 3 N–H and O–H groups in total. The van der Waals surface area contributed by atoms with Gasteiger partial charge in [0.05, 0.1) is 12.7 Å². The predicted octanol–water partition coefficient (Wildman–Crippen LogP) is 3.54. The Balaban J connectivity index is 2.16. The third-order valence-corrected chi connectivity index (χ3v) is 3.63. The lowest BCUT2D eigenvalue weighted by Gasteiger charge is -2.12. The molecule has 0 aliphatic rings. The summed E-state index contributed by atoms with van der Waals surface area (Å²) >= 11 is 0. The monoisotopic (exact) mass is 394 g/mol. The third kappa shape index (κ3) is 7.34. The molecule has 2 aromatic rings. The molecule has 8 heteroatoms. The Hall–Kier alpha value is -3.86. The van der Waals surface area contributed by atoms with Gasteiger partial charge in [-0.1, -0.05) is 6.07 Å². The first-order valence-corrected chi connectivity index (χ1v) is 8.99. The van der Waals surface area contributed by atoms with Crippen LogP contribution in [0.4, 0.5) is 17.1 Å². The molecule has 0 fully saturated rings. The second-order valence-corrected chi connectivity index (χ2v) is 6.25. The molecule has 29 heavy (non-hydrogen) atoms. The topological polar surface area (TPSA) is 120 Å². The van der Waals surface area contributed by atoms with Crippen LogP contribution in [-0.4, -0.2) is 24.3 Å².